The van der Waals surface area contributed by atoms with Gasteiger partial charge in [0.1, 0.15) is 5.60 Å². The number of hydrogen-bond acceptors (Lipinski definition) is 5. The zero-order chi connectivity index (χ0) is 21.8. The highest BCUT2D eigenvalue weighted by Crippen LogP contribution is 2.21. The van der Waals surface area contributed by atoms with Gasteiger partial charge in [-0.1, -0.05) is 0 Å². The minimum absolute atomic E-state index is 0.193. The number of ether oxygens (including phenoxy) is 3. The zero-order valence-corrected chi connectivity index (χ0v) is 19.4. The van der Waals surface area contributed by atoms with Gasteiger partial charge in [0.25, 0.3) is 0 Å². The van der Waals surface area contributed by atoms with Crippen molar-refractivity contribution in [1.29, 1.82) is 0 Å². The van der Waals surface area contributed by atoms with Crippen LogP contribution in [0.2, 0.25) is 0 Å². The molecule has 0 aromatic rings. The van der Waals surface area contributed by atoms with E-state index in [1.165, 1.54) is 0 Å². The monoisotopic (exact) mass is 426 g/mol. The summed E-state index contributed by atoms with van der Waals surface area (Å²) in [5.74, 6) is 1.34. The Morgan fingerprint density at radius 2 is 2.10 bits per heavy atom. The van der Waals surface area contributed by atoms with Crippen LogP contribution in [0.3, 0.4) is 0 Å². The maximum Gasteiger partial charge on any atom is 0.410 e. The predicted octanol–water partition coefficient (Wildman–Crippen LogP) is 2.77. The molecule has 174 valence electrons. The smallest absolute Gasteiger partial charge is 0.410 e. The summed E-state index contributed by atoms with van der Waals surface area (Å²) >= 11 is 0. The first-order valence-corrected chi connectivity index (χ1v) is 11.6. The van der Waals surface area contributed by atoms with Gasteiger partial charge in [-0.3, -0.25) is 4.99 Å². The number of guanidine groups is 1. The molecule has 0 saturated carbocycles. The molecule has 2 aliphatic heterocycles. The third-order valence-electron chi connectivity index (χ3n) is 5.17. The topological polar surface area (TPSA) is 84.4 Å². The predicted molar refractivity (Wildman–Crippen MR) is 119 cm³/mol. The largest absolute Gasteiger partial charge is 0.444 e. The van der Waals surface area contributed by atoms with Crippen LogP contribution in [0.1, 0.15) is 59.8 Å². The SMILES string of the molecule is CCNC(=NCCCOC1CCOC1)NCCC1CCCN(C(=O)OC(C)(C)C)C1. The number of hydrogen-bond donors (Lipinski definition) is 2. The Balaban J connectivity index is 1.65. The average molecular weight is 427 g/mol. The molecule has 0 aromatic heterocycles. The van der Waals surface area contributed by atoms with Crippen molar-refractivity contribution in [2.45, 2.75) is 71.5 Å². The summed E-state index contributed by atoms with van der Waals surface area (Å²) in [6, 6.07) is 0. The maximum atomic E-state index is 12.3. The van der Waals surface area contributed by atoms with Gasteiger partial charge in [-0.2, -0.15) is 0 Å². The zero-order valence-electron chi connectivity index (χ0n) is 19.4. The second kappa shape index (κ2) is 13.0. The Bertz CT molecular complexity index is 530. The number of carbonyl (C=O) groups is 1. The van der Waals surface area contributed by atoms with Crippen molar-refractivity contribution < 1.29 is 19.0 Å². The summed E-state index contributed by atoms with van der Waals surface area (Å²) in [4.78, 5) is 18.8. The minimum Gasteiger partial charge on any atom is -0.444 e. The van der Waals surface area contributed by atoms with E-state index in [1.807, 2.05) is 25.7 Å². The molecule has 8 nitrogen and oxygen atoms in total. The average Bonchev–Trinajstić information content (AvgIpc) is 3.20. The highest BCUT2D eigenvalue weighted by Gasteiger charge is 2.27. The van der Waals surface area contributed by atoms with Crippen LogP contribution in [0.15, 0.2) is 4.99 Å². The molecule has 0 aromatic carbocycles. The first-order chi connectivity index (χ1) is 14.4. The van der Waals surface area contributed by atoms with Crippen LogP contribution in [0.5, 0.6) is 0 Å². The van der Waals surface area contributed by atoms with E-state index in [2.05, 4.69) is 22.5 Å². The van der Waals surface area contributed by atoms with Gasteiger partial charge < -0.3 is 29.7 Å². The fraction of sp³-hybridized carbons (Fsp3) is 0.909. The van der Waals surface area contributed by atoms with Gasteiger partial charge in [0, 0.05) is 45.9 Å². The van der Waals surface area contributed by atoms with Crippen LogP contribution in [0.4, 0.5) is 4.79 Å². The maximum absolute atomic E-state index is 12.3. The molecule has 2 rings (SSSR count). The molecule has 0 spiro atoms. The summed E-state index contributed by atoms with van der Waals surface area (Å²) in [6.07, 6.45) is 5.16. The highest BCUT2D eigenvalue weighted by molar-refractivity contribution is 5.79. The van der Waals surface area contributed by atoms with E-state index in [-0.39, 0.29) is 12.2 Å². The quantitative estimate of drug-likeness (QED) is 0.335. The molecule has 2 saturated heterocycles. The van der Waals surface area contributed by atoms with Crippen LogP contribution >= 0.6 is 0 Å². The number of piperidine rings is 1. The van der Waals surface area contributed by atoms with Crippen molar-refractivity contribution in [3.8, 4) is 0 Å². The fourth-order valence-electron chi connectivity index (χ4n) is 3.68. The molecule has 2 N–H and O–H groups in total. The molecular weight excluding hydrogens is 384 g/mol. The Hall–Kier alpha value is -1.54. The lowest BCUT2D eigenvalue weighted by Crippen LogP contribution is -2.44. The standard InChI is InChI=1S/C22H42N4O4/c1-5-23-20(24-11-7-14-29-19-10-15-28-17-19)25-12-9-18-8-6-13-26(16-18)21(27)30-22(2,3)4/h18-19H,5-17H2,1-4H3,(H2,23,24,25). The third kappa shape index (κ3) is 9.98. The Kier molecular flexibility index (Phi) is 10.7. The molecule has 0 radical (unpaired) electrons. The number of aliphatic imine (C=N–C) groups is 1. The Morgan fingerprint density at radius 3 is 2.80 bits per heavy atom. The van der Waals surface area contributed by atoms with E-state index in [1.54, 1.807) is 0 Å². The second-order valence-corrected chi connectivity index (χ2v) is 9.12. The van der Waals surface area contributed by atoms with Crippen LogP contribution < -0.4 is 10.6 Å². The fourth-order valence-corrected chi connectivity index (χ4v) is 3.68. The summed E-state index contributed by atoms with van der Waals surface area (Å²) < 4.78 is 16.6. The number of carbonyl (C=O) groups excluding carboxylic acids is 1. The van der Waals surface area contributed by atoms with Crippen molar-refractivity contribution in [3.05, 3.63) is 0 Å². The van der Waals surface area contributed by atoms with Gasteiger partial charge in [-0.15, -0.1) is 0 Å². The van der Waals surface area contributed by atoms with E-state index < -0.39 is 5.60 Å². The molecule has 1 amide bonds. The first kappa shape index (κ1) is 24.7. The van der Waals surface area contributed by atoms with Crippen LogP contribution in [0.25, 0.3) is 0 Å². The van der Waals surface area contributed by atoms with Gasteiger partial charge >= 0.3 is 6.09 Å². The molecule has 30 heavy (non-hydrogen) atoms. The number of nitrogens with one attached hydrogen (secondary N) is 2. The lowest BCUT2D eigenvalue weighted by atomic mass is 9.95. The molecular formula is C22H42N4O4. The minimum atomic E-state index is -0.446. The van der Waals surface area contributed by atoms with Crippen LogP contribution in [-0.4, -0.2) is 81.2 Å². The molecule has 8 heteroatoms. The van der Waals surface area contributed by atoms with Gasteiger partial charge in [0.05, 0.1) is 12.7 Å². The Labute approximate surface area is 182 Å². The lowest BCUT2D eigenvalue weighted by Gasteiger charge is -2.34. The number of rotatable bonds is 9. The molecule has 2 atom stereocenters. The first-order valence-electron chi connectivity index (χ1n) is 11.6. The number of nitrogens with zero attached hydrogens (tertiary/aromatic N) is 2. The second-order valence-electron chi connectivity index (χ2n) is 9.12. The van der Waals surface area contributed by atoms with Gasteiger partial charge in [0.15, 0.2) is 5.96 Å². The Morgan fingerprint density at radius 1 is 1.27 bits per heavy atom. The molecule has 2 unspecified atom stereocenters. The summed E-state index contributed by atoms with van der Waals surface area (Å²) in [5, 5.41) is 6.72. The molecule has 0 bridgehead atoms. The van der Waals surface area contributed by atoms with Crippen molar-refractivity contribution in [1.82, 2.24) is 15.5 Å². The lowest BCUT2D eigenvalue weighted by molar-refractivity contribution is 0.0162. The molecule has 2 fully saturated rings. The van der Waals surface area contributed by atoms with Crippen LogP contribution in [-0.2, 0) is 14.2 Å². The van der Waals surface area contributed by atoms with Crippen molar-refractivity contribution in [3.63, 3.8) is 0 Å². The van der Waals surface area contributed by atoms with Gasteiger partial charge in [-0.25, -0.2) is 4.79 Å². The van der Waals surface area contributed by atoms with Crippen molar-refractivity contribution in [2.24, 2.45) is 10.9 Å². The molecule has 2 aliphatic rings. The van der Waals surface area contributed by atoms with E-state index in [4.69, 9.17) is 14.2 Å². The number of amides is 1. The normalized spacial score (nSPS) is 22.8. The van der Waals surface area contributed by atoms with Crippen molar-refractivity contribution in [2.75, 3.05) is 52.5 Å². The highest BCUT2D eigenvalue weighted by atomic mass is 16.6. The summed E-state index contributed by atoms with van der Waals surface area (Å²) in [5.41, 5.74) is -0.446. The number of likely N-dealkylation sites (tertiary alicyclic amines) is 1. The van der Waals surface area contributed by atoms with Gasteiger partial charge in [-0.05, 0) is 65.7 Å². The third-order valence-corrected chi connectivity index (χ3v) is 5.17. The van der Waals surface area contributed by atoms with Gasteiger partial charge in [0.2, 0.25) is 0 Å². The van der Waals surface area contributed by atoms with Crippen LogP contribution in [0, 0.1) is 5.92 Å². The molecule has 0 aliphatic carbocycles. The summed E-state index contributed by atoms with van der Waals surface area (Å²) in [6.45, 7) is 14.0. The van der Waals surface area contributed by atoms with E-state index in [0.717, 1.165) is 90.6 Å². The van der Waals surface area contributed by atoms with E-state index in [9.17, 15) is 4.79 Å². The van der Waals surface area contributed by atoms with E-state index in [0.29, 0.717) is 5.92 Å². The van der Waals surface area contributed by atoms with Crippen molar-refractivity contribution >= 4 is 12.1 Å². The van der Waals surface area contributed by atoms with E-state index >= 15 is 0 Å². The molecule has 2 heterocycles. The summed E-state index contributed by atoms with van der Waals surface area (Å²) in [7, 11) is 0.